The molecule has 0 aliphatic carbocycles. The van der Waals surface area contributed by atoms with Crippen LogP contribution in [0.15, 0.2) is 12.4 Å². The highest BCUT2D eigenvalue weighted by molar-refractivity contribution is 5.72. The van der Waals surface area contributed by atoms with Gasteiger partial charge < -0.3 is 9.64 Å². The zero-order valence-corrected chi connectivity index (χ0v) is 10.0. The summed E-state index contributed by atoms with van der Waals surface area (Å²) in [7, 11) is 3.10. The van der Waals surface area contributed by atoms with Crippen LogP contribution in [0.5, 0.6) is 0 Å². The number of nitrogens with zero attached hydrogens (tertiary/aromatic N) is 4. The van der Waals surface area contributed by atoms with E-state index in [-0.39, 0.29) is 17.6 Å². The average Bonchev–Trinajstić information content (AvgIpc) is 2.37. The summed E-state index contributed by atoms with van der Waals surface area (Å²) in [5, 5.41) is 8.89. The Morgan fingerprint density at radius 3 is 2.82 bits per heavy atom. The number of anilines is 1. The Kier molecular flexibility index (Phi) is 4.40. The second kappa shape index (κ2) is 5.80. The summed E-state index contributed by atoms with van der Waals surface area (Å²) < 4.78 is 4.64. The molecule has 1 rings (SSSR count). The highest BCUT2D eigenvalue weighted by Gasteiger charge is 2.18. The fourth-order valence-corrected chi connectivity index (χ4v) is 1.46. The van der Waals surface area contributed by atoms with Crippen LogP contribution in [0, 0.1) is 17.2 Å². The van der Waals surface area contributed by atoms with E-state index in [2.05, 4.69) is 14.7 Å². The molecule has 0 saturated heterocycles. The molecule has 6 heteroatoms. The van der Waals surface area contributed by atoms with Gasteiger partial charge in [0.1, 0.15) is 6.07 Å². The van der Waals surface area contributed by atoms with Crippen molar-refractivity contribution >= 4 is 11.8 Å². The first-order valence-corrected chi connectivity index (χ1v) is 5.10. The van der Waals surface area contributed by atoms with Crippen molar-refractivity contribution in [2.45, 2.75) is 6.92 Å². The highest BCUT2D eigenvalue weighted by atomic mass is 16.5. The molecule has 1 aromatic heterocycles. The molecule has 1 heterocycles. The maximum absolute atomic E-state index is 11.3. The molecule has 0 aromatic carbocycles. The summed E-state index contributed by atoms with van der Waals surface area (Å²) >= 11 is 0. The molecule has 90 valence electrons. The van der Waals surface area contributed by atoms with E-state index >= 15 is 0 Å². The maximum Gasteiger partial charge on any atom is 0.310 e. The summed E-state index contributed by atoms with van der Waals surface area (Å²) in [5.74, 6) is -0.122. The van der Waals surface area contributed by atoms with Crippen molar-refractivity contribution in [2.24, 2.45) is 5.92 Å². The van der Waals surface area contributed by atoms with Crippen LogP contribution in [-0.4, -0.2) is 36.6 Å². The number of carbonyl (C=O) groups is 1. The lowest BCUT2D eigenvalue weighted by Crippen LogP contribution is -2.30. The first kappa shape index (κ1) is 12.9. The van der Waals surface area contributed by atoms with Gasteiger partial charge in [-0.05, 0) is 0 Å². The molecule has 0 bridgehead atoms. The predicted molar refractivity (Wildman–Crippen MR) is 61.2 cm³/mol. The first-order valence-electron chi connectivity index (χ1n) is 5.10. The van der Waals surface area contributed by atoms with Gasteiger partial charge in [0.25, 0.3) is 0 Å². The fourth-order valence-electron chi connectivity index (χ4n) is 1.46. The predicted octanol–water partition coefficient (Wildman–Crippen LogP) is 0.594. The number of hydrogen-bond donors (Lipinski definition) is 0. The molecule has 6 nitrogen and oxygen atoms in total. The van der Waals surface area contributed by atoms with Crippen molar-refractivity contribution in [3.05, 3.63) is 18.1 Å². The van der Waals surface area contributed by atoms with Gasteiger partial charge >= 0.3 is 5.97 Å². The minimum atomic E-state index is -0.293. The zero-order chi connectivity index (χ0) is 12.8. The molecule has 0 spiro atoms. The Labute approximate surface area is 99.9 Å². The number of nitriles is 1. The number of ether oxygens (including phenoxy) is 1. The van der Waals surface area contributed by atoms with Crippen molar-refractivity contribution in [1.82, 2.24) is 9.97 Å². The van der Waals surface area contributed by atoms with Gasteiger partial charge in [-0.15, -0.1) is 0 Å². The van der Waals surface area contributed by atoms with E-state index in [1.165, 1.54) is 19.5 Å². The van der Waals surface area contributed by atoms with Gasteiger partial charge in [-0.2, -0.15) is 5.26 Å². The zero-order valence-electron chi connectivity index (χ0n) is 10.0. The van der Waals surface area contributed by atoms with E-state index in [4.69, 9.17) is 5.26 Å². The molecule has 0 N–H and O–H groups in total. The molecule has 1 unspecified atom stereocenters. The third kappa shape index (κ3) is 3.14. The van der Waals surface area contributed by atoms with Gasteiger partial charge in [-0.3, -0.25) is 4.79 Å². The SMILES string of the molecule is COC(=O)C(C)CN(C)c1nccnc1C#N. The van der Waals surface area contributed by atoms with E-state index < -0.39 is 0 Å². The highest BCUT2D eigenvalue weighted by Crippen LogP contribution is 2.14. The molecule has 1 atom stereocenters. The number of rotatable bonds is 4. The summed E-state index contributed by atoms with van der Waals surface area (Å²) in [5.41, 5.74) is 0.243. The molecule has 17 heavy (non-hydrogen) atoms. The number of hydrogen-bond acceptors (Lipinski definition) is 6. The quantitative estimate of drug-likeness (QED) is 0.709. The van der Waals surface area contributed by atoms with Crippen LogP contribution in [-0.2, 0) is 9.53 Å². The first-order chi connectivity index (χ1) is 8.10. The number of esters is 1. The third-order valence-electron chi connectivity index (χ3n) is 2.30. The van der Waals surface area contributed by atoms with Gasteiger partial charge in [0.15, 0.2) is 11.5 Å². The molecule has 0 aliphatic heterocycles. The van der Waals surface area contributed by atoms with E-state index in [0.717, 1.165) is 0 Å². The minimum Gasteiger partial charge on any atom is -0.469 e. The van der Waals surface area contributed by atoms with Gasteiger partial charge in [0, 0.05) is 26.0 Å². The molecule has 0 saturated carbocycles. The second-order valence-corrected chi connectivity index (χ2v) is 3.65. The van der Waals surface area contributed by atoms with E-state index in [0.29, 0.717) is 12.4 Å². The minimum absolute atomic E-state index is 0.243. The van der Waals surface area contributed by atoms with Gasteiger partial charge in [0.05, 0.1) is 13.0 Å². The van der Waals surface area contributed by atoms with Crippen LogP contribution in [0.3, 0.4) is 0 Å². The third-order valence-corrected chi connectivity index (χ3v) is 2.30. The van der Waals surface area contributed by atoms with Gasteiger partial charge in [-0.25, -0.2) is 9.97 Å². The van der Waals surface area contributed by atoms with Crippen LogP contribution in [0.25, 0.3) is 0 Å². The van der Waals surface area contributed by atoms with E-state index in [1.807, 2.05) is 6.07 Å². The van der Waals surface area contributed by atoms with Gasteiger partial charge in [0.2, 0.25) is 0 Å². The van der Waals surface area contributed by atoms with Crippen LogP contribution in [0.1, 0.15) is 12.6 Å². The number of aromatic nitrogens is 2. The molecule has 0 radical (unpaired) electrons. The smallest absolute Gasteiger partial charge is 0.310 e. The second-order valence-electron chi connectivity index (χ2n) is 3.65. The Hall–Kier alpha value is -2.16. The lowest BCUT2D eigenvalue weighted by molar-refractivity contribution is -0.144. The number of carbonyl (C=O) groups excluding carboxylic acids is 1. The van der Waals surface area contributed by atoms with Crippen molar-refractivity contribution in [3.8, 4) is 6.07 Å². The lowest BCUT2D eigenvalue weighted by atomic mass is 10.2. The fraction of sp³-hybridized carbons (Fsp3) is 0.455. The van der Waals surface area contributed by atoms with Crippen molar-refractivity contribution in [1.29, 1.82) is 5.26 Å². The van der Waals surface area contributed by atoms with Crippen LogP contribution < -0.4 is 4.90 Å². The van der Waals surface area contributed by atoms with Crippen molar-refractivity contribution < 1.29 is 9.53 Å². The van der Waals surface area contributed by atoms with E-state index in [1.54, 1.807) is 18.9 Å². The number of methoxy groups -OCH3 is 1. The average molecular weight is 234 g/mol. The summed E-state index contributed by atoms with van der Waals surface area (Å²) in [4.78, 5) is 21.0. The lowest BCUT2D eigenvalue weighted by Gasteiger charge is -2.21. The topological polar surface area (TPSA) is 79.1 Å². The summed E-state index contributed by atoms with van der Waals surface area (Å²) in [6.45, 7) is 2.17. The Morgan fingerprint density at radius 1 is 1.59 bits per heavy atom. The standard InChI is InChI=1S/C11H14N4O2/c1-8(11(16)17-3)7-15(2)10-9(6-12)13-4-5-14-10/h4-5,8H,7H2,1-3H3. The van der Waals surface area contributed by atoms with Crippen LogP contribution in [0.2, 0.25) is 0 Å². The summed E-state index contributed by atoms with van der Waals surface area (Å²) in [6.07, 6.45) is 2.97. The van der Waals surface area contributed by atoms with Crippen molar-refractivity contribution in [3.63, 3.8) is 0 Å². The summed E-state index contributed by atoms with van der Waals surface area (Å²) in [6, 6.07) is 1.96. The molecule has 0 fully saturated rings. The van der Waals surface area contributed by atoms with Crippen LogP contribution in [0.4, 0.5) is 5.82 Å². The maximum atomic E-state index is 11.3. The largest absolute Gasteiger partial charge is 0.469 e. The van der Waals surface area contributed by atoms with Crippen molar-refractivity contribution in [2.75, 3.05) is 25.6 Å². The molecule has 1 aromatic rings. The Balaban J connectivity index is 2.80. The van der Waals surface area contributed by atoms with E-state index in [9.17, 15) is 4.79 Å². The molecule has 0 amide bonds. The molecular formula is C11H14N4O2. The molecular weight excluding hydrogens is 220 g/mol. The van der Waals surface area contributed by atoms with Crippen LogP contribution >= 0.6 is 0 Å². The Morgan fingerprint density at radius 2 is 2.24 bits per heavy atom. The molecule has 0 aliphatic rings. The normalized spacial score (nSPS) is 11.4. The van der Waals surface area contributed by atoms with Gasteiger partial charge in [-0.1, -0.05) is 6.92 Å². The Bertz CT molecular complexity index is 441. The monoisotopic (exact) mass is 234 g/mol.